The topological polar surface area (TPSA) is 75.6 Å². The minimum Gasteiger partial charge on any atom is -0.480 e. The van der Waals surface area contributed by atoms with Gasteiger partial charge in [0.1, 0.15) is 6.04 Å². The lowest BCUT2D eigenvalue weighted by atomic mass is 9.80. The van der Waals surface area contributed by atoms with Gasteiger partial charge in [0.15, 0.2) is 0 Å². The maximum atomic E-state index is 12.3. The standard InChI is InChI=1S/C17H31NO4/c1-5-12-6-8-13(9-7-12)15(19)18-14(16(20)21)10-11-22-17(2,3)4/h12-14H,5-11H2,1-4H3,(H,18,19)(H,20,21). The number of rotatable bonds is 7. The van der Waals surface area contributed by atoms with E-state index in [1.807, 2.05) is 20.8 Å². The van der Waals surface area contributed by atoms with Gasteiger partial charge in [-0.3, -0.25) is 4.79 Å². The molecule has 0 aromatic heterocycles. The Bertz CT molecular complexity index is 367. The van der Waals surface area contributed by atoms with Gasteiger partial charge in [0, 0.05) is 18.9 Å². The lowest BCUT2D eigenvalue weighted by Crippen LogP contribution is -2.45. The maximum Gasteiger partial charge on any atom is 0.326 e. The Hall–Kier alpha value is -1.10. The maximum absolute atomic E-state index is 12.3. The molecule has 0 aromatic carbocycles. The number of carboxylic acid groups (broad SMARTS) is 1. The van der Waals surface area contributed by atoms with E-state index in [1.165, 1.54) is 0 Å². The molecule has 0 heterocycles. The normalized spacial score (nSPS) is 23.8. The van der Waals surface area contributed by atoms with Crippen LogP contribution in [-0.4, -0.2) is 35.2 Å². The first-order chi connectivity index (χ1) is 10.2. The molecule has 0 aromatic rings. The number of amides is 1. The van der Waals surface area contributed by atoms with Crippen molar-refractivity contribution in [3.8, 4) is 0 Å². The van der Waals surface area contributed by atoms with E-state index in [0.29, 0.717) is 13.0 Å². The average Bonchev–Trinajstić information content (AvgIpc) is 2.44. The van der Waals surface area contributed by atoms with Crippen molar-refractivity contribution >= 4 is 11.9 Å². The lowest BCUT2D eigenvalue weighted by Gasteiger charge is -2.28. The average molecular weight is 313 g/mol. The Labute approximate surface area is 133 Å². The Morgan fingerprint density at radius 2 is 1.82 bits per heavy atom. The summed E-state index contributed by atoms with van der Waals surface area (Å²) < 4.78 is 5.55. The van der Waals surface area contributed by atoms with Crippen molar-refractivity contribution in [3.63, 3.8) is 0 Å². The van der Waals surface area contributed by atoms with Crippen molar-refractivity contribution in [2.75, 3.05) is 6.61 Å². The Balaban J connectivity index is 2.42. The van der Waals surface area contributed by atoms with E-state index in [4.69, 9.17) is 4.74 Å². The van der Waals surface area contributed by atoms with Crippen LogP contribution in [0.4, 0.5) is 0 Å². The van der Waals surface area contributed by atoms with Gasteiger partial charge < -0.3 is 15.2 Å². The van der Waals surface area contributed by atoms with Gasteiger partial charge in [-0.2, -0.15) is 0 Å². The van der Waals surface area contributed by atoms with Gasteiger partial charge in [-0.1, -0.05) is 13.3 Å². The van der Waals surface area contributed by atoms with E-state index in [9.17, 15) is 14.7 Å². The van der Waals surface area contributed by atoms with E-state index in [2.05, 4.69) is 12.2 Å². The highest BCUT2D eigenvalue weighted by atomic mass is 16.5. The molecular weight excluding hydrogens is 282 g/mol. The van der Waals surface area contributed by atoms with Crippen LogP contribution in [0.5, 0.6) is 0 Å². The van der Waals surface area contributed by atoms with Gasteiger partial charge in [0.2, 0.25) is 5.91 Å². The molecule has 1 aliphatic rings. The van der Waals surface area contributed by atoms with Crippen LogP contribution in [0.15, 0.2) is 0 Å². The van der Waals surface area contributed by atoms with Crippen LogP contribution >= 0.6 is 0 Å². The van der Waals surface area contributed by atoms with Gasteiger partial charge >= 0.3 is 5.97 Å². The van der Waals surface area contributed by atoms with E-state index < -0.39 is 12.0 Å². The van der Waals surface area contributed by atoms with Crippen LogP contribution in [0.3, 0.4) is 0 Å². The van der Waals surface area contributed by atoms with E-state index in [0.717, 1.165) is 38.0 Å². The number of aliphatic carboxylic acids is 1. The second-order valence-electron chi connectivity index (χ2n) is 7.27. The summed E-state index contributed by atoms with van der Waals surface area (Å²) in [5.41, 5.74) is -0.300. The Morgan fingerprint density at radius 3 is 2.27 bits per heavy atom. The molecule has 0 saturated heterocycles. The highest BCUT2D eigenvalue weighted by Gasteiger charge is 2.29. The number of ether oxygens (including phenoxy) is 1. The SMILES string of the molecule is CCC1CCC(C(=O)NC(CCOC(C)(C)C)C(=O)O)CC1. The number of hydrogen-bond acceptors (Lipinski definition) is 3. The molecule has 0 aliphatic heterocycles. The fourth-order valence-corrected chi connectivity index (χ4v) is 2.86. The van der Waals surface area contributed by atoms with Crippen molar-refractivity contribution in [2.45, 2.75) is 77.9 Å². The summed E-state index contributed by atoms with van der Waals surface area (Å²) in [6.45, 7) is 8.28. The smallest absolute Gasteiger partial charge is 0.326 e. The van der Waals surface area contributed by atoms with Gasteiger partial charge in [-0.05, 0) is 52.4 Å². The minimum atomic E-state index is -0.992. The van der Waals surface area contributed by atoms with Gasteiger partial charge in [0.25, 0.3) is 0 Å². The number of nitrogens with one attached hydrogen (secondary N) is 1. The molecule has 0 bridgehead atoms. The second kappa shape index (κ2) is 8.51. The molecule has 1 rings (SSSR count). The highest BCUT2D eigenvalue weighted by Crippen LogP contribution is 2.30. The third-order valence-electron chi connectivity index (χ3n) is 4.35. The van der Waals surface area contributed by atoms with Crippen LogP contribution in [0.1, 0.15) is 66.2 Å². The monoisotopic (exact) mass is 313 g/mol. The Morgan fingerprint density at radius 1 is 1.23 bits per heavy atom. The lowest BCUT2D eigenvalue weighted by molar-refractivity contribution is -0.143. The van der Waals surface area contributed by atoms with Crippen molar-refractivity contribution < 1.29 is 19.4 Å². The molecule has 5 heteroatoms. The van der Waals surface area contributed by atoms with Crippen LogP contribution in [0.25, 0.3) is 0 Å². The molecule has 128 valence electrons. The largest absolute Gasteiger partial charge is 0.480 e. The molecule has 1 amide bonds. The van der Waals surface area contributed by atoms with Crippen LogP contribution in [0.2, 0.25) is 0 Å². The summed E-state index contributed by atoms with van der Waals surface area (Å²) in [6.07, 6.45) is 5.34. The molecule has 1 fully saturated rings. The second-order valence-corrected chi connectivity index (χ2v) is 7.27. The minimum absolute atomic E-state index is 0.0341. The molecule has 1 aliphatic carbocycles. The molecule has 0 spiro atoms. The molecule has 5 nitrogen and oxygen atoms in total. The third kappa shape index (κ3) is 6.77. The van der Waals surface area contributed by atoms with E-state index in [1.54, 1.807) is 0 Å². The van der Waals surface area contributed by atoms with E-state index in [-0.39, 0.29) is 17.4 Å². The first-order valence-corrected chi connectivity index (χ1v) is 8.40. The number of carbonyl (C=O) groups excluding carboxylic acids is 1. The van der Waals surface area contributed by atoms with Crippen molar-refractivity contribution in [3.05, 3.63) is 0 Å². The van der Waals surface area contributed by atoms with E-state index >= 15 is 0 Å². The Kier molecular flexibility index (Phi) is 7.33. The fourth-order valence-electron chi connectivity index (χ4n) is 2.86. The van der Waals surface area contributed by atoms with Crippen molar-refractivity contribution in [1.29, 1.82) is 0 Å². The quantitative estimate of drug-likeness (QED) is 0.757. The zero-order chi connectivity index (χ0) is 16.8. The molecule has 1 saturated carbocycles. The molecule has 1 unspecified atom stereocenters. The molecular formula is C17H31NO4. The summed E-state index contributed by atoms with van der Waals surface area (Å²) in [5, 5.41) is 11.9. The van der Waals surface area contributed by atoms with Crippen LogP contribution in [-0.2, 0) is 14.3 Å². The zero-order valence-electron chi connectivity index (χ0n) is 14.4. The van der Waals surface area contributed by atoms with Crippen molar-refractivity contribution in [1.82, 2.24) is 5.32 Å². The molecule has 0 radical (unpaired) electrons. The molecule has 22 heavy (non-hydrogen) atoms. The first kappa shape index (κ1) is 18.9. The number of hydrogen-bond donors (Lipinski definition) is 2. The molecule has 1 atom stereocenters. The summed E-state index contributed by atoms with van der Waals surface area (Å²) in [6, 6.07) is -0.862. The number of carbonyl (C=O) groups is 2. The van der Waals surface area contributed by atoms with Crippen LogP contribution in [0, 0.1) is 11.8 Å². The molecule has 2 N–H and O–H groups in total. The zero-order valence-corrected chi connectivity index (χ0v) is 14.4. The van der Waals surface area contributed by atoms with Gasteiger partial charge in [0.05, 0.1) is 5.60 Å². The fraction of sp³-hybridized carbons (Fsp3) is 0.882. The predicted octanol–water partition coefficient (Wildman–Crippen LogP) is 2.98. The third-order valence-corrected chi connectivity index (χ3v) is 4.35. The summed E-state index contributed by atoms with van der Waals surface area (Å²) in [7, 11) is 0. The van der Waals surface area contributed by atoms with Gasteiger partial charge in [-0.15, -0.1) is 0 Å². The van der Waals surface area contributed by atoms with Crippen molar-refractivity contribution in [2.24, 2.45) is 11.8 Å². The van der Waals surface area contributed by atoms with Gasteiger partial charge in [-0.25, -0.2) is 4.79 Å². The summed E-state index contributed by atoms with van der Waals surface area (Å²) in [4.78, 5) is 23.6. The predicted molar refractivity (Wildman–Crippen MR) is 85.6 cm³/mol. The summed E-state index contributed by atoms with van der Waals surface area (Å²) in [5.74, 6) is -0.418. The first-order valence-electron chi connectivity index (χ1n) is 8.40. The summed E-state index contributed by atoms with van der Waals surface area (Å²) >= 11 is 0. The van der Waals surface area contributed by atoms with Crippen LogP contribution < -0.4 is 5.32 Å². The highest BCUT2D eigenvalue weighted by molar-refractivity contribution is 5.85. The number of carboxylic acids is 1.